The van der Waals surface area contributed by atoms with E-state index in [1.165, 1.54) is 0 Å². The number of rotatable bonds is 3. The van der Waals surface area contributed by atoms with Crippen LogP contribution < -0.4 is 4.74 Å². The number of phenolic OH excluding ortho intramolecular Hbond substituents is 2. The minimum atomic E-state index is 0.207. The Morgan fingerprint density at radius 3 is 2.24 bits per heavy atom. The van der Waals surface area contributed by atoms with Gasteiger partial charge in [-0.15, -0.1) is 0 Å². The fourth-order valence-electron chi connectivity index (χ4n) is 1.58. The van der Waals surface area contributed by atoms with E-state index in [0.29, 0.717) is 5.75 Å². The number of hydrogen-bond acceptors (Lipinski definition) is 3. The van der Waals surface area contributed by atoms with E-state index in [1.807, 2.05) is 6.92 Å². The second-order valence-corrected chi connectivity index (χ2v) is 3.74. The minimum Gasteiger partial charge on any atom is -0.508 e. The van der Waals surface area contributed by atoms with Crippen LogP contribution in [0.15, 0.2) is 42.5 Å². The molecule has 0 spiro atoms. The van der Waals surface area contributed by atoms with Gasteiger partial charge >= 0.3 is 0 Å². The third kappa shape index (κ3) is 2.69. The van der Waals surface area contributed by atoms with Gasteiger partial charge in [-0.05, 0) is 54.4 Å². The number of aryl methyl sites for hydroxylation is 1. The highest BCUT2D eigenvalue weighted by atomic mass is 16.5. The number of ether oxygens (including phenoxy) is 1. The second-order valence-electron chi connectivity index (χ2n) is 3.74. The van der Waals surface area contributed by atoms with E-state index >= 15 is 0 Å². The molecule has 0 unspecified atom stereocenters. The second kappa shape index (κ2) is 4.78. The summed E-state index contributed by atoms with van der Waals surface area (Å²) in [5.74, 6) is 1.82. The van der Waals surface area contributed by atoms with Crippen molar-refractivity contribution in [2.24, 2.45) is 0 Å². The Balaban J connectivity index is 2.26. The lowest BCUT2D eigenvalue weighted by atomic mass is 10.1. The molecule has 0 saturated carbocycles. The number of benzene rings is 2. The van der Waals surface area contributed by atoms with E-state index in [2.05, 4.69) is 0 Å². The van der Waals surface area contributed by atoms with Crippen LogP contribution in [0.1, 0.15) is 12.5 Å². The summed E-state index contributed by atoms with van der Waals surface area (Å²) in [5, 5.41) is 18.6. The first kappa shape index (κ1) is 11.3. The predicted octanol–water partition coefficient (Wildman–Crippen LogP) is 3.45. The van der Waals surface area contributed by atoms with Crippen molar-refractivity contribution in [3.05, 3.63) is 48.0 Å². The van der Waals surface area contributed by atoms with E-state index in [0.717, 1.165) is 17.7 Å². The Kier molecular flexibility index (Phi) is 3.19. The van der Waals surface area contributed by atoms with Crippen LogP contribution in [0.5, 0.6) is 23.0 Å². The maximum Gasteiger partial charge on any atom is 0.130 e. The van der Waals surface area contributed by atoms with E-state index in [4.69, 9.17) is 4.74 Å². The van der Waals surface area contributed by atoms with Crippen LogP contribution in [0.4, 0.5) is 0 Å². The Hall–Kier alpha value is -2.16. The molecule has 0 bridgehead atoms. The first-order valence-corrected chi connectivity index (χ1v) is 5.48. The SMILES string of the molecule is CCc1cc(O)ccc1Oc1ccc(O)cc1. The molecule has 0 aliphatic carbocycles. The van der Waals surface area contributed by atoms with Crippen LogP contribution in [0.25, 0.3) is 0 Å². The van der Waals surface area contributed by atoms with E-state index in [9.17, 15) is 10.2 Å². The molecule has 0 fully saturated rings. The lowest BCUT2D eigenvalue weighted by molar-refractivity contribution is 0.455. The summed E-state index contributed by atoms with van der Waals surface area (Å²) in [6.07, 6.45) is 0.780. The van der Waals surface area contributed by atoms with Gasteiger partial charge in [-0.1, -0.05) is 6.92 Å². The summed E-state index contributed by atoms with van der Waals surface area (Å²) >= 11 is 0. The van der Waals surface area contributed by atoms with Gasteiger partial charge in [-0.3, -0.25) is 0 Å². The van der Waals surface area contributed by atoms with Crippen LogP contribution in [-0.4, -0.2) is 10.2 Å². The molecule has 2 rings (SSSR count). The maximum atomic E-state index is 9.38. The highest BCUT2D eigenvalue weighted by Crippen LogP contribution is 2.29. The van der Waals surface area contributed by atoms with Crippen LogP contribution >= 0.6 is 0 Å². The first-order valence-electron chi connectivity index (χ1n) is 5.48. The van der Waals surface area contributed by atoms with Gasteiger partial charge in [0.25, 0.3) is 0 Å². The molecule has 0 heterocycles. The molecule has 0 aliphatic rings. The van der Waals surface area contributed by atoms with Gasteiger partial charge in [0.05, 0.1) is 0 Å². The highest BCUT2D eigenvalue weighted by Gasteiger charge is 2.04. The molecule has 2 aromatic carbocycles. The Morgan fingerprint density at radius 1 is 0.941 bits per heavy atom. The zero-order chi connectivity index (χ0) is 12.3. The smallest absolute Gasteiger partial charge is 0.130 e. The van der Waals surface area contributed by atoms with Gasteiger partial charge in [0, 0.05) is 0 Å². The van der Waals surface area contributed by atoms with Crippen molar-refractivity contribution < 1.29 is 14.9 Å². The van der Waals surface area contributed by atoms with Crippen LogP contribution in [0.2, 0.25) is 0 Å². The van der Waals surface area contributed by atoms with Crippen molar-refractivity contribution in [3.63, 3.8) is 0 Å². The predicted molar refractivity (Wildman–Crippen MR) is 65.7 cm³/mol. The van der Waals surface area contributed by atoms with Crippen LogP contribution in [-0.2, 0) is 6.42 Å². The van der Waals surface area contributed by atoms with Gasteiger partial charge in [-0.25, -0.2) is 0 Å². The van der Waals surface area contributed by atoms with Crippen molar-refractivity contribution in [1.82, 2.24) is 0 Å². The standard InChI is InChI=1S/C14H14O3/c1-2-10-9-12(16)5-8-14(10)17-13-6-3-11(15)4-7-13/h3-9,15-16H,2H2,1H3. The van der Waals surface area contributed by atoms with Crippen molar-refractivity contribution >= 4 is 0 Å². The van der Waals surface area contributed by atoms with Crippen molar-refractivity contribution in [2.75, 3.05) is 0 Å². The molecular weight excluding hydrogens is 216 g/mol. The maximum absolute atomic E-state index is 9.38. The average Bonchev–Trinajstić information content (AvgIpc) is 2.34. The fourth-order valence-corrected chi connectivity index (χ4v) is 1.58. The number of phenols is 2. The normalized spacial score (nSPS) is 10.2. The summed E-state index contributed by atoms with van der Waals surface area (Å²) in [5.41, 5.74) is 0.943. The molecule has 2 N–H and O–H groups in total. The third-order valence-corrected chi connectivity index (χ3v) is 2.49. The van der Waals surface area contributed by atoms with E-state index in [-0.39, 0.29) is 11.5 Å². The molecule has 0 atom stereocenters. The summed E-state index contributed by atoms with van der Waals surface area (Å²) in [4.78, 5) is 0. The van der Waals surface area contributed by atoms with Gasteiger partial charge in [0.2, 0.25) is 0 Å². The number of aromatic hydroxyl groups is 2. The zero-order valence-electron chi connectivity index (χ0n) is 9.55. The lowest BCUT2D eigenvalue weighted by Crippen LogP contribution is -1.90. The van der Waals surface area contributed by atoms with Gasteiger partial charge in [-0.2, -0.15) is 0 Å². The molecule has 0 radical (unpaired) electrons. The van der Waals surface area contributed by atoms with Crippen LogP contribution in [0, 0.1) is 0 Å². The summed E-state index contributed by atoms with van der Waals surface area (Å²) in [7, 11) is 0. The molecule has 0 aromatic heterocycles. The monoisotopic (exact) mass is 230 g/mol. The number of hydrogen-bond donors (Lipinski definition) is 2. The lowest BCUT2D eigenvalue weighted by Gasteiger charge is -2.10. The molecule has 0 saturated heterocycles. The zero-order valence-corrected chi connectivity index (χ0v) is 9.55. The fraction of sp³-hybridized carbons (Fsp3) is 0.143. The summed E-state index contributed by atoms with van der Waals surface area (Å²) in [6, 6.07) is 11.6. The topological polar surface area (TPSA) is 49.7 Å². The third-order valence-electron chi connectivity index (χ3n) is 2.49. The Bertz CT molecular complexity index is 503. The Labute approximate surface area is 99.9 Å². The quantitative estimate of drug-likeness (QED) is 0.849. The molecular formula is C14H14O3. The molecule has 0 aliphatic heterocycles. The first-order chi connectivity index (χ1) is 8.19. The Morgan fingerprint density at radius 2 is 1.59 bits per heavy atom. The molecule has 3 heteroatoms. The molecule has 3 nitrogen and oxygen atoms in total. The van der Waals surface area contributed by atoms with Crippen molar-refractivity contribution in [1.29, 1.82) is 0 Å². The molecule has 0 amide bonds. The highest BCUT2D eigenvalue weighted by molar-refractivity contribution is 5.43. The van der Waals surface area contributed by atoms with Crippen molar-refractivity contribution in [2.45, 2.75) is 13.3 Å². The molecule has 88 valence electrons. The van der Waals surface area contributed by atoms with E-state index in [1.54, 1.807) is 42.5 Å². The van der Waals surface area contributed by atoms with Crippen LogP contribution in [0.3, 0.4) is 0 Å². The van der Waals surface area contributed by atoms with Gasteiger partial charge in [0.1, 0.15) is 23.0 Å². The summed E-state index contributed by atoms with van der Waals surface area (Å²) < 4.78 is 5.69. The molecule has 17 heavy (non-hydrogen) atoms. The molecule has 2 aromatic rings. The van der Waals surface area contributed by atoms with Gasteiger partial charge < -0.3 is 14.9 Å². The average molecular weight is 230 g/mol. The van der Waals surface area contributed by atoms with Crippen molar-refractivity contribution in [3.8, 4) is 23.0 Å². The largest absolute Gasteiger partial charge is 0.508 e. The summed E-state index contributed by atoms with van der Waals surface area (Å²) in [6.45, 7) is 2.00. The van der Waals surface area contributed by atoms with Gasteiger partial charge in [0.15, 0.2) is 0 Å². The minimum absolute atomic E-state index is 0.207. The van der Waals surface area contributed by atoms with E-state index < -0.39 is 0 Å².